The quantitative estimate of drug-likeness (QED) is 0.641. The second kappa shape index (κ2) is 10.1. The number of nitrogens with one attached hydrogen (secondary N) is 1. The Kier molecular flexibility index (Phi) is 7.80. The summed E-state index contributed by atoms with van der Waals surface area (Å²) in [5.74, 6) is -0.636. The maximum atomic E-state index is 13.4. The number of hydrogen-bond acceptors (Lipinski definition) is 3. The Bertz CT molecular complexity index is 708. The predicted octanol–water partition coefficient (Wildman–Crippen LogP) is 5.66. The van der Waals surface area contributed by atoms with Gasteiger partial charge in [-0.05, 0) is 25.7 Å². The van der Waals surface area contributed by atoms with E-state index < -0.39 is 23.2 Å². The summed E-state index contributed by atoms with van der Waals surface area (Å²) in [6.45, 7) is 0. The summed E-state index contributed by atoms with van der Waals surface area (Å²) in [5.41, 5.74) is -2.21. The molecular weight excluding hydrogens is 390 g/mol. The molecule has 1 aromatic heterocycles. The van der Waals surface area contributed by atoms with E-state index in [0.29, 0.717) is 12.8 Å². The molecule has 164 valence electrons. The first-order valence-corrected chi connectivity index (χ1v) is 11.3. The largest absolute Gasteiger partial charge is 0.433 e. The van der Waals surface area contributed by atoms with E-state index in [1.807, 2.05) is 0 Å². The molecule has 8 heteroatoms. The molecule has 3 rings (SSSR count). The number of rotatable bonds is 3. The van der Waals surface area contributed by atoms with Crippen LogP contribution in [0.2, 0.25) is 0 Å². The highest BCUT2D eigenvalue weighted by atomic mass is 19.4. The van der Waals surface area contributed by atoms with Gasteiger partial charge in [-0.1, -0.05) is 64.2 Å². The highest BCUT2D eigenvalue weighted by molar-refractivity contribution is 6.17. The van der Waals surface area contributed by atoms with Crippen molar-refractivity contribution < 1.29 is 18.0 Å². The molecule has 0 unspecified atom stereocenters. The number of carbonyl (C=O) groups is 1. The van der Waals surface area contributed by atoms with Crippen LogP contribution in [0.25, 0.3) is 0 Å². The number of nitrogens with zero attached hydrogens (tertiary/aromatic N) is 2. The van der Waals surface area contributed by atoms with Crippen LogP contribution in [0.1, 0.15) is 118 Å². The van der Waals surface area contributed by atoms with Gasteiger partial charge in [0.05, 0.1) is 0 Å². The van der Waals surface area contributed by atoms with E-state index in [-0.39, 0.29) is 17.4 Å². The van der Waals surface area contributed by atoms with Crippen LogP contribution < -0.4 is 5.32 Å². The Morgan fingerprint density at radius 3 is 2.00 bits per heavy atom. The van der Waals surface area contributed by atoms with Crippen LogP contribution in [-0.2, 0) is 6.18 Å². The summed E-state index contributed by atoms with van der Waals surface area (Å²) >= 11 is 0. The summed E-state index contributed by atoms with van der Waals surface area (Å²) in [4.78, 5) is 20.9. The van der Waals surface area contributed by atoms with E-state index >= 15 is 0 Å². The molecule has 1 N–H and O–H groups in total. The fourth-order valence-corrected chi connectivity index (χ4v) is 4.58. The van der Waals surface area contributed by atoms with E-state index in [1.54, 1.807) is 0 Å². The van der Waals surface area contributed by atoms with E-state index in [4.69, 9.17) is 7.85 Å². The van der Waals surface area contributed by atoms with Gasteiger partial charge in [0.2, 0.25) is 0 Å². The lowest BCUT2D eigenvalue weighted by atomic mass is 9.70. The van der Waals surface area contributed by atoms with Gasteiger partial charge in [0.25, 0.3) is 5.91 Å². The molecule has 0 saturated heterocycles. The van der Waals surface area contributed by atoms with Crippen LogP contribution >= 0.6 is 0 Å². The average molecular weight is 421 g/mol. The smallest absolute Gasteiger partial charge is 0.354 e. The Balaban J connectivity index is 1.80. The fraction of sp³-hybridized carbons (Fsp3) is 0.773. The minimum atomic E-state index is -4.62. The molecule has 2 fully saturated rings. The molecule has 0 aromatic carbocycles. The van der Waals surface area contributed by atoms with Crippen LogP contribution in [0.5, 0.6) is 0 Å². The Hall–Kier alpha value is -1.60. The third-order valence-corrected chi connectivity index (χ3v) is 6.35. The van der Waals surface area contributed by atoms with Crippen molar-refractivity contribution in [1.82, 2.24) is 15.3 Å². The average Bonchev–Trinajstić information content (AvgIpc) is 3.21. The second-order valence-corrected chi connectivity index (χ2v) is 8.91. The van der Waals surface area contributed by atoms with Crippen LogP contribution in [0.3, 0.4) is 0 Å². The van der Waals surface area contributed by atoms with Crippen molar-refractivity contribution in [3.05, 3.63) is 23.3 Å². The molecular formula is C22H31BF3N3O. The third kappa shape index (κ3) is 6.45. The van der Waals surface area contributed by atoms with E-state index in [9.17, 15) is 18.0 Å². The highest BCUT2D eigenvalue weighted by Crippen LogP contribution is 2.35. The maximum absolute atomic E-state index is 13.4. The second-order valence-electron chi connectivity index (χ2n) is 8.91. The molecule has 4 nitrogen and oxygen atoms in total. The lowest BCUT2D eigenvalue weighted by molar-refractivity contribution is -0.141. The molecule has 0 bridgehead atoms. The van der Waals surface area contributed by atoms with Gasteiger partial charge < -0.3 is 5.32 Å². The molecule has 0 spiro atoms. The first-order chi connectivity index (χ1) is 14.3. The van der Waals surface area contributed by atoms with Crippen molar-refractivity contribution in [3.63, 3.8) is 0 Å². The van der Waals surface area contributed by atoms with Crippen molar-refractivity contribution in [1.29, 1.82) is 0 Å². The fourth-order valence-electron chi connectivity index (χ4n) is 4.58. The van der Waals surface area contributed by atoms with Gasteiger partial charge in [0, 0.05) is 17.4 Å². The maximum Gasteiger partial charge on any atom is 0.433 e. The van der Waals surface area contributed by atoms with Gasteiger partial charge in [-0.2, -0.15) is 13.2 Å². The molecule has 0 atom stereocenters. The Morgan fingerprint density at radius 2 is 1.47 bits per heavy atom. The third-order valence-electron chi connectivity index (χ3n) is 6.35. The van der Waals surface area contributed by atoms with Crippen LogP contribution in [0.15, 0.2) is 6.07 Å². The SMILES string of the molecule is [B]C1(NC(=O)c2cc(C(F)(F)F)nc(C3CCCC3)n2)CCCCCCCCCC1. The zero-order chi connectivity index (χ0) is 21.6. The highest BCUT2D eigenvalue weighted by Gasteiger charge is 2.36. The summed E-state index contributed by atoms with van der Waals surface area (Å²) < 4.78 is 40.2. The number of halogens is 3. The first kappa shape index (κ1) is 23.1. The zero-order valence-electron chi connectivity index (χ0n) is 17.6. The number of hydrogen-bond donors (Lipinski definition) is 1. The van der Waals surface area contributed by atoms with Gasteiger partial charge in [-0.25, -0.2) is 9.97 Å². The normalized spacial score (nSPS) is 21.7. The number of amides is 1. The molecule has 1 aromatic rings. The molecule has 1 amide bonds. The Morgan fingerprint density at radius 1 is 0.933 bits per heavy atom. The minimum Gasteiger partial charge on any atom is -0.354 e. The van der Waals surface area contributed by atoms with Crippen molar-refractivity contribution in [2.75, 3.05) is 0 Å². The van der Waals surface area contributed by atoms with Gasteiger partial charge in [-0.15, -0.1) is 0 Å². The van der Waals surface area contributed by atoms with Crippen LogP contribution in [-0.4, -0.2) is 29.2 Å². The van der Waals surface area contributed by atoms with Crippen molar-refractivity contribution in [2.24, 2.45) is 0 Å². The molecule has 2 aliphatic carbocycles. The van der Waals surface area contributed by atoms with Crippen molar-refractivity contribution in [3.8, 4) is 0 Å². The summed E-state index contributed by atoms with van der Waals surface area (Å²) in [5, 5.41) is 2.83. The summed E-state index contributed by atoms with van der Waals surface area (Å²) in [6.07, 6.45) is 8.61. The molecule has 2 saturated carbocycles. The summed E-state index contributed by atoms with van der Waals surface area (Å²) in [7, 11) is 6.52. The zero-order valence-corrected chi connectivity index (χ0v) is 17.6. The first-order valence-electron chi connectivity index (χ1n) is 11.3. The van der Waals surface area contributed by atoms with Gasteiger partial charge in [0.1, 0.15) is 25.1 Å². The van der Waals surface area contributed by atoms with E-state index in [0.717, 1.165) is 70.3 Å². The molecule has 30 heavy (non-hydrogen) atoms. The van der Waals surface area contributed by atoms with Crippen molar-refractivity contribution >= 4 is 13.8 Å². The number of alkyl halides is 3. The molecule has 2 aliphatic rings. The van der Waals surface area contributed by atoms with Crippen molar-refractivity contribution in [2.45, 2.75) is 107 Å². The summed E-state index contributed by atoms with van der Waals surface area (Å²) in [6, 6.07) is 0.752. The lowest BCUT2D eigenvalue weighted by Crippen LogP contribution is -2.49. The van der Waals surface area contributed by atoms with Crippen LogP contribution in [0, 0.1) is 0 Å². The van der Waals surface area contributed by atoms with Gasteiger partial charge >= 0.3 is 6.18 Å². The monoisotopic (exact) mass is 421 g/mol. The minimum absolute atomic E-state index is 0.122. The number of aromatic nitrogens is 2. The lowest BCUT2D eigenvalue weighted by Gasteiger charge is -2.32. The Labute approximate surface area is 178 Å². The molecule has 2 radical (unpaired) electrons. The van der Waals surface area contributed by atoms with Gasteiger partial charge in [0.15, 0.2) is 0 Å². The van der Waals surface area contributed by atoms with E-state index in [1.165, 1.54) is 12.8 Å². The van der Waals surface area contributed by atoms with E-state index in [2.05, 4.69) is 15.3 Å². The topological polar surface area (TPSA) is 54.9 Å². The predicted molar refractivity (Wildman–Crippen MR) is 110 cm³/mol. The molecule has 1 heterocycles. The number of carbonyl (C=O) groups excluding carboxylic acids is 1. The van der Waals surface area contributed by atoms with Gasteiger partial charge in [-0.3, -0.25) is 4.79 Å². The molecule has 0 aliphatic heterocycles. The standard InChI is InChI=1S/C22H31BF3N3O/c23-21(13-9-5-3-1-2-4-6-10-14-21)29-20(30)17-15-18(22(24,25)26)28-19(27-17)16-11-7-8-12-16/h15-16H,1-14H2,(H,29,30). The van der Waals surface area contributed by atoms with Crippen LogP contribution in [0.4, 0.5) is 13.2 Å².